The molecule has 0 aliphatic rings. The van der Waals surface area contributed by atoms with Crippen molar-refractivity contribution in [2.75, 3.05) is 11.9 Å². The molecule has 0 radical (unpaired) electrons. The summed E-state index contributed by atoms with van der Waals surface area (Å²) in [6.07, 6.45) is 0.845. The number of carbonyl (C=O) groups excluding carboxylic acids is 1. The SMILES string of the molecule is O=C(NC[C@H](O)c1ccsc1)Nc1nc2ccc(Cl)cn2n1. The summed E-state index contributed by atoms with van der Waals surface area (Å²) in [6.45, 7) is 0.0990. The maximum absolute atomic E-state index is 11.8. The van der Waals surface area contributed by atoms with E-state index in [1.54, 1.807) is 18.3 Å². The highest BCUT2D eigenvalue weighted by Gasteiger charge is 2.11. The lowest BCUT2D eigenvalue weighted by Gasteiger charge is -2.10. The van der Waals surface area contributed by atoms with E-state index < -0.39 is 12.1 Å². The average molecular weight is 338 g/mol. The number of anilines is 1. The highest BCUT2D eigenvalue weighted by Crippen LogP contribution is 2.15. The number of carbonyl (C=O) groups is 1. The van der Waals surface area contributed by atoms with Crippen LogP contribution in [0, 0.1) is 0 Å². The van der Waals surface area contributed by atoms with E-state index in [0.717, 1.165) is 5.56 Å². The molecule has 7 nitrogen and oxygen atoms in total. The molecule has 3 aromatic heterocycles. The van der Waals surface area contributed by atoms with E-state index >= 15 is 0 Å². The maximum atomic E-state index is 11.8. The van der Waals surface area contributed by atoms with Gasteiger partial charge in [-0.2, -0.15) is 16.3 Å². The predicted octanol–water partition coefficient (Wildman–Crippen LogP) is 2.30. The number of rotatable bonds is 4. The number of aliphatic hydroxyl groups excluding tert-OH is 1. The molecule has 0 aromatic carbocycles. The van der Waals surface area contributed by atoms with Crippen molar-refractivity contribution in [2.45, 2.75) is 6.10 Å². The van der Waals surface area contributed by atoms with Crippen LogP contribution in [-0.2, 0) is 0 Å². The van der Waals surface area contributed by atoms with Crippen LogP contribution in [0.15, 0.2) is 35.2 Å². The molecule has 3 N–H and O–H groups in total. The smallest absolute Gasteiger partial charge is 0.321 e. The number of hydrogen-bond donors (Lipinski definition) is 3. The topological polar surface area (TPSA) is 91.5 Å². The molecule has 0 saturated carbocycles. The largest absolute Gasteiger partial charge is 0.387 e. The Morgan fingerprint density at radius 1 is 1.45 bits per heavy atom. The van der Waals surface area contributed by atoms with Gasteiger partial charge in [0.1, 0.15) is 0 Å². The minimum absolute atomic E-state index is 0.0990. The number of thiophene rings is 1. The van der Waals surface area contributed by atoms with E-state index in [2.05, 4.69) is 20.7 Å². The highest BCUT2D eigenvalue weighted by molar-refractivity contribution is 7.07. The van der Waals surface area contributed by atoms with Crippen molar-refractivity contribution in [3.05, 3.63) is 45.7 Å². The minimum Gasteiger partial charge on any atom is -0.387 e. The third-order valence-corrected chi connectivity index (χ3v) is 3.83. The first-order valence-electron chi connectivity index (χ1n) is 6.39. The van der Waals surface area contributed by atoms with Crippen molar-refractivity contribution in [2.24, 2.45) is 0 Å². The Kier molecular flexibility index (Phi) is 4.23. The van der Waals surface area contributed by atoms with Crippen molar-refractivity contribution >= 4 is 40.6 Å². The second-order valence-corrected chi connectivity index (χ2v) is 5.71. The quantitative estimate of drug-likeness (QED) is 0.681. The average Bonchev–Trinajstić information content (AvgIpc) is 3.13. The predicted molar refractivity (Wildman–Crippen MR) is 84.3 cm³/mol. The standard InChI is InChI=1S/C13H12ClN5O2S/c14-9-1-2-11-16-12(18-19(11)6-9)17-13(21)15-5-10(20)8-3-4-22-7-8/h1-4,6-7,10,20H,5H2,(H2,15,17,18,21)/t10-/m0/s1. The molecular formula is C13H12ClN5O2S. The number of hydrogen-bond acceptors (Lipinski definition) is 5. The van der Waals surface area contributed by atoms with E-state index in [1.807, 2.05) is 16.8 Å². The molecule has 9 heteroatoms. The van der Waals surface area contributed by atoms with Gasteiger partial charge in [-0.15, -0.1) is 5.10 Å². The number of nitrogens with zero attached hydrogens (tertiary/aromatic N) is 3. The first-order chi connectivity index (χ1) is 10.6. The molecule has 22 heavy (non-hydrogen) atoms. The van der Waals surface area contributed by atoms with Crippen molar-refractivity contribution in [3.8, 4) is 0 Å². The molecule has 0 saturated heterocycles. The fourth-order valence-electron chi connectivity index (χ4n) is 1.83. The number of fused-ring (bicyclic) bond motifs is 1. The minimum atomic E-state index is -0.746. The summed E-state index contributed by atoms with van der Waals surface area (Å²) in [7, 11) is 0. The van der Waals surface area contributed by atoms with E-state index in [-0.39, 0.29) is 12.5 Å². The van der Waals surface area contributed by atoms with E-state index in [1.165, 1.54) is 15.9 Å². The van der Waals surface area contributed by atoms with Crippen molar-refractivity contribution in [1.82, 2.24) is 19.9 Å². The van der Waals surface area contributed by atoms with Crippen molar-refractivity contribution < 1.29 is 9.90 Å². The van der Waals surface area contributed by atoms with Gasteiger partial charge in [-0.25, -0.2) is 9.31 Å². The Bertz CT molecular complexity index is 789. The van der Waals surface area contributed by atoms with Crippen LogP contribution in [0.2, 0.25) is 5.02 Å². The molecule has 3 aromatic rings. The molecular weight excluding hydrogens is 326 g/mol. The first-order valence-corrected chi connectivity index (χ1v) is 7.71. The number of nitrogens with one attached hydrogen (secondary N) is 2. The third-order valence-electron chi connectivity index (χ3n) is 2.90. The molecule has 2 amide bonds. The second kappa shape index (κ2) is 6.30. The van der Waals surface area contributed by atoms with Crippen LogP contribution in [0.1, 0.15) is 11.7 Å². The lowest BCUT2D eigenvalue weighted by molar-refractivity contribution is 0.175. The molecule has 0 aliphatic heterocycles. The number of urea groups is 1. The first kappa shape index (κ1) is 14.8. The summed E-state index contributed by atoms with van der Waals surface area (Å²) < 4.78 is 1.47. The van der Waals surface area contributed by atoms with E-state index in [0.29, 0.717) is 10.7 Å². The van der Waals surface area contributed by atoms with Crippen molar-refractivity contribution in [1.29, 1.82) is 0 Å². The molecule has 0 fully saturated rings. The number of aromatic nitrogens is 3. The van der Waals surface area contributed by atoms with Crippen LogP contribution in [0.25, 0.3) is 5.65 Å². The summed E-state index contributed by atoms with van der Waals surface area (Å²) in [5, 5.41) is 23.3. The highest BCUT2D eigenvalue weighted by atomic mass is 35.5. The molecule has 3 heterocycles. The zero-order valence-electron chi connectivity index (χ0n) is 11.2. The van der Waals surface area contributed by atoms with Gasteiger partial charge in [0.25, 0.3) is 5.95 Å². The van der Waals surface area contributed by atoms with Gasteiger partial charge >= 0.3 is 6.03 Å². The number of amides is 2. The maximum Gasteiger partial charge on any atom is 0.321 e. The summed E-state index contributed by atoms with van der Waals surface area (Å²) >= 11 is 7.34. The molecule has 0 aliphatic carbocycles. The van der Waals surface area contributed by atoms with Gasteiger partial charge in [0.2, 0.25) is 0 Å². The summed E-state index contributed by atoms with van der Waals surface area (Å²) in [6, 6.07) is 4.70. The van der Waals surface area contributed by atoms with Gasteiger partial charge in [0, 0.05) is 12.7 Å². The van der Waals surface area contributed by atoms with Crippen LogP contribution < -0.4 is 10.6 Å². The van der Waals surface area contributed by atoms with Crippen LogP contribution >= 0.6 is 22.9 Å². The summed E-state index contributed by atoms with van der Waals surface area (Å²) in [5.41, 5.74) is 1.34. The zero-order valence-corrected chi connectivity index (χ0v) is 12.8. The van der Waals surface area contributed by atoms with Gasteiger partial charge in [-0.05, 0) is 34.5 Å². The lowest BCUT2D eigenvalue weighted by atomic mass is 10.2. The third kappa shape index (κ3) is 3.35. The zero-order chi connectivity index (χ0) is 15.5. The number of aliphatic hydroxyl groups is 1. The van der Waals surface area contributed by atoms with E-state index in [4.69, 9.17) is 11.6 Å². The number of pyridine rings is 1. The summed E-state index contributed by atoms with van der Waals surface area (Å²) in [5.74, 6) is 0.157. The van der Waals surface area contributed by atoms with Gasteiger partial charge in [0.05, 0.1) is 11.1 Å². The normalized spacial score (nSPS) is 12.3. The molecule has 0 bridgehead atoms. The molecule has 3 rings (SSSR count). The Hall–Kier alpha value is -2.16. The lowest BCUT2D eigenvalue weighted by Crippen LogP contribution is -2.32. The van der Waals surface area contributed by atoms with Gasteiger partial charge in [-0.3, -0.25) is 5.32 Å². The summed E-state index contributed by atoms with van der Waals surface area (Å²) in [4.78, 5) is 15.9. The number of halogens is 1. The Morgan fingerprint density at radius 3 is 3.09 bits per heavy atom. The van der Waals surface area contributed by atoms with E-state index in [9.17, 15) is 9.90 Å². The Balaban J connectivity index is 1.58. The van der Waals surface area contributed by atoms with Crippen LogP contribution in [0.4, 0.5) is 10.7 Å². The fourth-order valence-corrected chi connectivity index (χ4v) is 2.69. The molecule has 114 valence electrons. The second-order valence-electron chi connectivity index (χ2n) is 4.49. The molecule has 1 atom stereocenters. The van der Waals surface area contributed by atoms with Crippen LogP contribution in [0.3, 0.4) is 0 Å². The van der Waals surface area contributed by atoms with Crippen molar-refractivity contribution in [3.63, 3.8) is 0 Å². The van der Waals surface area contributed by atoms with Crippen LogP contribution in [0.5, 0.6) is 0 Å². The molecule has 0 spiro atoms. The molecule has 0 unspecified atom stereocenters. The van der Waals surface area contributed by atoms with Gasteiger partial charge in [0.15, 0.2) is 5.65 Å². The Labute approximate surface area is 134 Å². The van der Waals surface area contributed by atoms with Crippen LogP contribution in [-0.4, -0.2) is 32.3 Å². The Morgan fingerprint density at radius 2 is 2.32 bits per heavy atom. The van der Waals surface area contributed by atoms with Gasteiger partial charge < -0.3 is 10.4 Å². The van der Waals surface area contributed by atoms with Gasteiger partial charge in [-0.1, -0.05) is 11.6 Å². The fraction of sp³-hybridized carbons (Fsp3) is 0.154. The monoisotopic (exact) mass is 337 g/mol.